The summed E-state index contributed by atoms with van der Waals surface area (Å²) >= 11 is 0. The number of nitrogens with zero attached hydrogens (tertiary/aromatic N) is 2. The maximum atomic E-state index is 5.78. The van der Waals surface area contributed by atoms with E-state index in [4.69, 9.17) is 9.47 Å². The number of hydrogen-bond donors (Lipinski definition) is 2. The van der Waals surface area contributed by atoms with Crippen LogP contribution in [0.2, 0.25) is 0 Å². The Balaban J connectivity index is 0.00000312. The zero-order chi connectivity index (χ0) is 17.3. The number of rotatable bonds is 8. The van der Waals surface area contributed by atoms with Gasteiger partial charge < -0.3 is 20.1 Å². The second kappa shape index (κ2) is 12.3. The van der Waals surface area contributed by atoms with Crippen LogP contribution in [-0.2, 0) is 9.47 Å². The first-order valence-corrected chi connectivity index (χ1v) is 9.51. The topological polar surface area (TPSA) is 58.1 Å². The summed E-state index contributed by atoms with van der Waals surface area (Å²) in [4.78, 5) is 6.92. The quantitative estimate of drug-likeness (QED) is 0.248. The molecule has 0 bridgehead atoms. The normalized spacial score (nSPS) is 22.5. The van der Waals surface area contributed by atoms with Gasteiger partial charge in [0, 0.05) is 38.9 Å². The van der Waals surface area contributed by atoms with Crippen LogP contribution in [0.5, 0.6) is 0 Å². The fraction of sp³-hybridized carbons (Fsp3) is 0.944. The molecule has 0 aliphatic carbocycles. The number of nitrogens with one attached hydrogen (secondary N) is 2. The highest BCUT2D eigenvalue weighted by Crippen LogP contribution is 2.19. The molecule has 2 heterocycles. The Bertz CT molecular complexity index is 381. The summed E-state index contributed by atoms with van der Waals surface area (Å²) in [5.74, 6) is 0.879. The van der Waals surface area contributed by atoms with Crippen LogP contribution in [0.25, 0.3) is 0 Å². The highest BCUT2D eigenvalue weighted by atomic mass is 127. The molecule has 2 N–H and O–H groups in total. The predicted molar refractivity (Wildman–Crippen MR) is 114 cm³/mol. The lowest BCUT2D eigenvalue weighted by Gasteiger charge is -2.41. The van der Waals surface area contributed by atoms with Crippen molar-refractivity contribution in [3.63, 3.8) is 0 Å². The maximum Gasteiger partial charge on any atom is 0.191 e. The second-order valence-corrected chi connectivity index (χ2v) is 7.42. The Morgan fingerprint density at radius 2 is 2.00 bits per heavy atom. The monoisotopic (exact) mass is 468 g/mol. The molecule has 0 aromatic rings. The van der Waals surface area contributed by atoms with Crippen molar-refractivity contribution in [1.29, 1.82) is 0 Å². The molecule has 0 aromatic heterocycles. The Morgan fingerprint density at radius 1 is 1.24 bits per heavy atom. The average molecular weight is 468 g/mol. The fourth-order valence-corrected chi connectivity index (χ4v) is 3.30. The van der Waals surface area contributed by atoms with Crippen molar-refractivity contribution in [2.24, 2.45) is 4.99 Å². The largest absolute Gasteiger partial charge is 0.379 e. The molecule has 7 heteroatoms. The molecule has 6 nitrogen and oxygen atoms in total. The van der Waals surface area contributed by atoms with Crippen molar-refractivity contribution in [2.75, 3.05) is 53.0 Å². The molecule has 0 radical (unpaired) electrons. The van der Waals surface area contributed by atoms with Gasteiger partial charge >= 0.3 is 0 Å². The summed E-state index contributed by atoms with van der Waals surface area (Å²) < 4.78 is 11.1. The van der Waals surface area contributed by atoms with Gasteiger partial charge in [-0.2, -0.15) is 0 Å². The van der Waals surface area contributed by atoms with Crippen molar-refractivity contribution in [3.8, 4) is 0 Å². The molecule has 0 spiro atoms. The van der Waals surface area contributed by atoms with Gasteiger partial charge in [0.05, 0.1) is 12.7 Å². The molecular formula is C18H37IN4O2. The first-order chi connectivity index (χ1) is 11.6. The third kappa shape index (κ3) is 8.41. The molecule has 1 unspecified atom stereocenters. The Labute approximate surface area is 170 Å². The predicted octanol–water partition coefficient (Wildman–Crippen LogP) is 2.23. The molecule has 1 atom stereocenters. The summed E-state index contributed by atoms with van der Waals surface area (Å²) in [6, 6.07) is 0. The summed E-state index contributed by atoms with van der Waals surface area (Å²) in [6.45, 7) is 11.2. The lowest BCUT2D eigenvalue weighted by Crippen LogP contribution is -2.54. The van der Waals surface area contributed by atoms with Gasteiger partial charge in [-0.3, -0.25) is 9.89 Å². The van der Waals surface area contributed by atoms with Crippen molar-refractivity contribution >= 4 is 29.9 Å². The van der Waals surface area contributed by atoms with Crippen LogP contribution in [0.4, 0.5) is 0 Å². The van der Waals surface area contributed by atoms with E-state index < -0.39 is 0 Å². The van der Waals surface area contributed by atoms with Crippen molar-refractivity contribution in [2.45, 2.75) is 57.6 Å². The fourth-order valence-electron chi connectivity index (χ4n) is 3.30. The summed E-state index contributed by atoms with van der Waals surface area (Å²) in [6.07, 6.45) is 6.32. The molecule has 2 aliphatic heterocycles. The van der Waals surface area contributed by atoms with E-state index in [0.29, 0.717) is 6.10 Å². The van der Waals surface area contributed by atoms with Gasteiger partial charge in [-0.05, 0) is 52.6 Å². The van der Waals surface area contributed by atoms with E-state index in [9.17, 15) is 0 Å². The maximum absolute atomic E-state index is 5.78. The molecule has 148 valence electrons. The second-order valence-electron chi connectivity index (χ2n) is 7.42. The van der Waals surface area contributed by atoms with E-state index in [0.717, 1.165) is 51.7 Å². The minimum absolute atomic E-state index is 0. The third-order valence-electron chi connectivity index (χ3n) is 4.98. The van der Waals surface area contributed by atoms with Gasteiger partial charge in [0.1, 0.15) is 0 Å². The van der Waals surface area contributed by atoms with E-state index in [1.807, 2.05) is 7.05 Å². The molecule has 2 fully saturated rings. The summed E-state index contributed by atoms with van der Waals surface area (Å²) in [5, 5.41) is 6.85. The Hall–Kier alpha value is -0.120. The smallest absolute Gasteiger partial charge is 0.191 e. The molecule has 0 saturated carbocycles. The van der Waals surface area contributed by atoms with Gasteiger partial charge in [-0.1, -0.05) is 6.42 Å². The first-order valence-electron chi connectivity index (χ1n) is 9.51. The van der Waals surface area contributed by atoms with E-state index in [1.54, 1.807) is 0 Å². The third-order valence-corrected chi connectivity index (χ3v) is 4.98. The van der Waals surface area contributed by atoms with Crippen LogP contribution in [-0.4, -0.2) is 75.5 Å². The lowest BCUT2D eigenvalue weighted by molar-refractivity contribution is 0.0419. The van der Waals surface area contributed by atoms with E-state index in [-0.39, 0.29) is 29.5 Å². The number of aliphatic imine (C=N–C) groups is 1. The zero-order valence-electron chi connectivity index (χ0n) is 16.2. The van der Waals surface area contributed by atoms with Crippen molar-refractivity contribution in [1.82, 2.24) is 15.5 Å². The Morgan fingerprint density at radius 3 is 2.64 bits per heavy atom. The number of likely N-dealkylation sites (tertiary alicyclic amines) is 1. The van der Waals surface area contributed by atoms with Gasteiger partial charge in [0.15, 0.2) is 5.96 Å². The number of piperidine rings is 1. The molecule has 25 heavy (non-hydrogen) atoms. The molecule has 2 saturated heterocycles. The minimum Gasteiger partial charge on any atom is -0.379 e. The molecule has 2 rings (SSSR count). The van der Waals surface area contributed by atoms with Crippen LogP contribution >= 0.6 is 24.0 Å². The van der Waals surface area contributed by atoms with Gasteiger partial charge in [-0.25, -0.2) is 0 Å². The van der Waals surface area contributed by atoms with Gasteiger partial charge in [-0.15, -0.1) is 24.0 Å². The first kappa shape index (κ1) is 22.9. The van der Waals surface area contributed by atoms with Crippen LogP contribution in [0.3, 0.4) is 0 Å². The number of hydrogen-bond acceptors (Lipinski definition) is 4. The zero-order valence-corrected chi connectivity index (χ0v) is 18.5. The number of guanidine groups is 1. The van der Waals surface area contributed by atoms with Crippen molar-refractivity contribution in [3.05, 3.63) is 0 Å². The van der Waals surface area contributed by atoms with Crippen LogP contribution in [0.1, 0.15) is 46.0 Å². The van der Waals surface area contributed by atoms with E-state index >= 15 is 0 Å². The SMILES string of the molecule is CN=C(NCCCOC1CCOC1)NCC(C)(C)N1CCCCC1.I. The Kier molecular flexibility index (Phi) is 11.3. The molecule has 0 aromatic carbocycles. The van der Waals surface area contributed by atoms with Crippen LogP contribution in [0, 0.1) is 0 Å². The van der Waals surface area contributed by atoms with E-state index in [1.165, 1.54) is 32.4 Å². The molecule has 2 aliphatic rings. The molecule has 0 amide bonds. The van der Waals surface area contributed by atoms with Crippen molar-refractivity contribution < 1.29 is 9.47 Å². The molecular weight excluding hydrogens is 431 g/mol. The van der Waals surface area contributed by atoms with Crippen LogP contribution in [0.15, 0.2) is 4.99 Å². The van der Waals surface area contributed by atoms with Crippen LogP contribution < -0.4 is 10.6 Å². The number of halogens is 1. The highest BCUT2D eigenvalue weighted by Gasteiger charge is 2.27. The van der Waals surface area contributed by atoms with Gasteiger partial charge in [0.25, 0.3) is 0 Å². The lowest BCUT2D eigenvalue weighted by atomic mass is 9.98. The number of ether oxygens (including phenoxy) is 2. The standard InChI is InChI=1S/C18H36N4O2.HI/c1-18(2,22-10-5-4-6-11-22)15-21-17(19-3)20-9-7-12-24-16-8-13-23-14-16;/h16H,4-15H2,1-3H3,(H2,19,20,21);1H. The van der Waals surface area contributed by atoms with Gasteiger partial charge in [0.2, 0.25) is 0 Å². The minimum atomic E-state index is 0. The summed E-state index contributed by atoms with van der Waals surface area (Å²) in [7, 11) is 1.83. The average Bonchev–Trinajstić information content (AvgIpc) is 3.11. The summed E-state index contributed by atoms with van der Waals surface area (Å²) in [5.41, 5.74) is 0.156. The van der Waals surface area contributed by atoms with E-state index in [2.05, 4.69) is 34.4 Å². The highest BCUT2D eigenvalue weighted by molar-refractivity contribution is 14.0.